The number of imide groups is 1. The van der Waals surface area contributed by atoms with Crippen LogP contribution in [0.5, 0.6) is 0 Å². The topological polar surface area (TPSA) is 57.7 Å². The van der Waals surface area contributed by atoms with Gasteiger partial charge in [-0.05, 0) is 52.1 Å². The summed E-state index contributed by atoms with van der Waals surface area (Å²) in [6.45, 7) is 0.877. The molecule has 33 heavy (non-hydrogen) atoms. The lowest BCUT2D eigenvalue weighted by atomic mass is 10.00. The van der Waals surface area contributed by atoms with Crippen molar-refractivity contribution in [2.75, 3.05) is 13.1 Å². The second-order valence-electron chi connectivity index (χ2n) is 8.09. The summed E-state index contributed by atoms with van der Waals surface area (Å²) in [7, 11) is 0. The van der Waals surface area contributed by atoms with Gasteiger partial charge < -0.3 is 4.90 Å². The second kappa shape index (κ2) is 9.08. The molecule has 0 aromatic heterocycles. The summed E-state index contributed by atoms with van der Waals surface area (Å²) >= 11 is 0.882. The standard InChI is InChI=1S/C27H22N2O3S/c30-25(28-15-14-21-8-4-5-9-23(21)17-28)18-29-26(31)24(33-27(29)32)16-19-10-12-22(13-11-19)20-6-2-1-3-7-20/h1-13,16H,14-15,17-18H2. The third kappa shape index (κ3) is 4.47. The van der Waals surface area contributed by atoms with Crippen LogP contribution in [0.2, 0.25) is 0 Å². The van der Waals surface area contributed by atoms with Gasteiger partial charge in [-0.1, -0.05) is 78.9 Å². The molecule has 0 radical (unpaired) electrons. The molecule has 3 aromatic carbocycles. The maximum atomic E-state index is 12.9. The molecule has 2 aliphatic heterocycles. The number of hydrogen-bond donors (Lipinski definition) is 0. The molecule has 164 valence electrons. The van der Waals surface area contributed by atoms with Gasteiger partial charge in [-0.15, -0.1) is 0 Å². The Kier molecular flexibility index (Phi) is 5.84. The molecule has 0 saturated carbocycles. The second-order valence-corrected chi connectivity index (χ2v) is 9.08. The van der Waals surface area contributed by atoms with Crippen molar-refractivity contribution in [3.05, 3.63) is 100 Å². The van der Waals surface area contributed by atoms with E-state index >= 15 is 0 Å². The van der Waals surface area contributed by atoms with Crippen molar-refractivity contribution in [3.63, 3.8) is 0 Å². The molecule has 1 fully saturated rings. The zero-order valence-corrected chi connectivity index (χ0v) is 18.8. The van der Waals surface area contributed by atoms with Gasteiger partial charge in [0.1, 0.15) is 6.54 Å². The zero-order valence-electron chi connectivity index (χ0n) is 17.9. The van der Waals surface area contributed by atoms with Gasteiger partial charge in [0.15, 0.2) is 0 Å². The molecular weight excluding hydrogens is 432 g/mol. The zero-order chi connectivity index (χ0) is 22.8. The molecule has 3 aromatic rings. The van der Waals surface area contributed by atoms with E-state index in [2.05, 4.69) is 6.07 Å². The van der Waals surface area contributed by atoms with Crippen molar-refractivity contribution in [3.8, 4) is 11.1 Å². The monoisotopic (exact) mass is 454 g/mol. The highest BCUT2D eigenvalue weighted by Crippen LogP contribution is 2.33. The van der Waals surface area contributed by atoms with E-state index in [0.717, 1.165) is 45.3 Å². The highest BCUT2D eigenvalue weighted by Gasteiger charge is 2.37. The fraction of sp³-hybridized carbons (Fsp3) is 0.148. The highest BCUT2D eigenvalue weighted by molar-refractivity contribution is 8.18. The molecule has 2 heterocycles. The Hall–Kier alpha value is -3.64. The summed E-state index contributed by atoms with van der Waals surface area (Å²) in [5.74, 6) is -0.622. The number of nitrogens with zero attached hydrogens (tertiary/aromatic N) is 2. The van der Waals surface area contributed by atoms with Gasteiger partial charge >= 0.3 is 0 Å². The minimum atomic E-state index is -0.414. The average Bonchev–Trinajstić information content (AvgIpc) is 3.12. The molecule has 5 nitrogen and oxygen atoms in total. The maximum Gasteiger partial charge on any atom is 0.294 e. The first-order valence-electron chi connectivity index (χ1n) is 10.8. The molecule has 6 heteroatoms. The normalized spacial score (nSPS) is 16.9. The van der Waals surface area contributed by atoms with E-state index in [4.69, 9.17) is 0 Å². The number of thioether (sulfide) groups is 1. The first-order valence-corrected chi connectivity index (χ1v) is 11.7. The van der Waals surface area contributed by atoms with Crippen molar-refractivity contribution in [1.82, 2.24) is 9.80 Å². The molecule has 0 N–H and O–H groups in total. The Balaban J connectivity index is 1.26. The van der Waals surface area contributed by atoms with E-state index in [0.29, 0.717) is 18.0 Å². The molecule has 0 atom stereocenters. The maximum absolute atomic E-state index is 12.9. The van der Waals surface area contributed by atoms with Crippen molar-refractivity contribution >= 4 is 34.9 Å². The molecule has 0 aliphatic carbocycles. The lowest BCUT2D eigenvalue weighted by molar-refractivity contribution is -0.136. The van der Waals surface area contributed by atoms with Crippen LogP contribution >= 0.6 is 11.8 Å². The van der Waals surface area contributed by atoms with Crippen molar-refractivity contribution in [2.24, 2.45) is 0 Å². The van der Waals surface area contributed by atoms with E-state index < -0.39 is 11.1 Å². The number of carbonyl (C=O) groups is 3. The van der Waals surface area contributed by atoms with Gasteiger partial charge in [0.25, 0.3) is 11.1 Å². The third-order valence-corrected chi connectivity index (χ3v) is 6.87. The molecule has 0 spiro atoms. The van der Waals surface area contributed by atoms with E-state index in [1.807, 2.05) is 72.8 Å². The van der Waals surface area contributed by atoms with Gasteiger partial charge in [-0.25, -0.2) is 0 Å². The minimum absolute atomic E-state index is 0.208. The summed E-state index contributed by atoms with van der Waals surface area (Å²) in [5.41, 5.74) is 5.39. The van der Waals surface area contributed by atoms with Crippen LogP contribution in [0.3, 0.4) is 0 Å². The number of carbonyl (C=O) groups excluding carboxylic acids is 3. The Morgan fingerprint density at radius 1 is 0.848 bits per heavy atom. The lowest BCUT2D eigenvalue weighted by Gasteiger charge is -2.29. The van der Waals surface area contributed by atoms with Gasteiger partial charge in [0, 0.05) is 13.1 Å². The van der Waals surface area contributed by atoms with Gasteiger partial charge in [-0.2, -0.15) is 0 Å². The van der Waals surface area contributed by atoms with Crippen LogP contribution in [-0.2, 0) is 22.6 Å². The number of amides is 3. The van der Waals surface area contributed by atoms with Crippen LogP contribution in [0.4, 0.5) is 4.79 Å². The number of fused-ring (bicyclic) bond motifs is 1. The van der Waals surface area contributed by atoms with Crippen molar-refractivity contribution in [1.29, 1.82) is 0 Å². The van der Waals surface area contributed by atoms with Gasteiger partial charge in [0.05, 0.1) is 4.91 Å². The van der Waals surface area contributed by atoms with Gasteiger partial charge in [0.2, 0.25) is 5.91 Å². The predicted octanol–water partition coefficient (Wildman–Crippen LogP) is 4.97. The SMILES string of the molecule is O=C(CN1C(=O)SC(=Cc2ccc(-c3ccccc3)cc2)C1=O)N1CCc2ccccc2C1. The Morgan fingerprint density at radius 3 is 2.27 bits per heavy atom. The number of rotatable bonds is 4. The van der Waals surface area contributed by atoms with Crippen LogP contribution in [0.15, 0.2) is 83.8 Å². The quantitative estimate of drug-likeness (QED) is 0.522. The number of hydrogen-bond acceptors (Lipinski definition) is 4. The van der Waals surface area contributed by atoms with Crippen LogP contribution in [0, 0.1) is 0 Å². The molecule has 0 unspecified atom stereocenters. The van der Waals surface area contributed by atoms with E-state index in [-0.39, 0.29) is 12.5 Å². The minimum Gasteiger partial charge on any atom is -0.336 e. The van der Waals surface area contributed by atoms with Crippen LogP contribution in [0.25, 0.3) is 17.2 Å². The van der Waals surface area contributed by atoms with Crippen LogP contribution in [0.1, 0.15) is 16.7 Å². The van der Waals surface area contributed by atoms with Crippen molar-refractivity contribution < 1.29 is 14.4 Å². The summed E-state index contributed by atoms with van der Waals surface area (Å²) < 4.78 is 0. The average molecular weight is 455 g/mol. The first kappa shape index (κ1) is 21.2. The third-order valence-electron chi connectivity index (χ3n) is 5.97. The molecule has 3 amide bonds. The molecular formula is C27H22N2O3S. The lowest BCUT2D eigenvalue weighted by Crippen LogP contribution is -2.44. The smallest absolute Gasteiger partial charge is 0.294 e. The van der Waals surface area contributed by atoms with E-state index in [9.17, 15) is 14.4 Å². The van der Waals surface area contributed by atoms with E-state index in [1.54, 1.807) is 11.0 Å². The summed E-state index contributed by atoms with van der Waals surface area (Å²) in [6, 6.07) is 25.9. The largest absolute Gasteiger partial charge is 0.336 e. The fourth-order valence-corrected chi connectivity index (χ4v) is 4.97. The first-order chi connectivity index (χ1) is 16.1. The summed E-state index contributed by atoms with van der Waals surface area (Å²) in [4.78, 5) is 41.3. The summed E-state index contributed by atoms with van der Waals surface area (Å²) in [6.07, 6.45) is 2.49. The van der Waals surface area contributed by atoms with Gasteiger partial charge in [-0.3, -0.25) is 19.3 Å². The fourth-order valence-electron chi connectivity index (χ4n) is 4.13. The highest BCUT2D eigenvalue weighted by atomic mass is 32.2. The molecule has 5 rings (SSSR count). The summed E-state index contributed by atoms with van der Waals surface area (Å²) in [5, 5.41) is -0.405. The molecule has 2 aliphatic rings. The predicted molar refractivity (Wildman–Crippen MR) is 130 cm³/mol. The number of benzene rings is 3. The Labute approximate surface area is 196 Å². The Morgan fingerprint density at radius 2 is 1.52 bits per heavy atom. The molecule has 1 saturated heterocycles. The van der Waals surface area contributed by atoms with Crippen LogP contribution < -0.4 is 0 Å². The van der Waals surface area contributed by atoms with Crippen molar-refractivity contribution in [2.45, 2.75) is 13.0 Å². The molecule has 0 bridgehead atoms. The van der Waals surface area contributed by atoms with Crippen LogP contribution in [-0.4, -0.2) is 39.9 Å². The van der Waals surface area contributed by atoms with E-state index in [1.165, 1.54) is 5.56 Å². The Bertz CT molecular complexity index is 1250.